The SMILES string of the molecule is CC(C)CC(=O)O[C@H]1[C@@H](O)[C@](C)(c2ccc3c(N)ncnn23)O[C@@H]1COC(=O)Cc1ccccc1. The van der Waals surface area contributed by atoms with Crippen LogP contribution in [0.2, 0.25) is 0 Å². The number of nitrogens with zero attached hydrogens (tertiary/aromatic N) is 3. The lowest BCUT2D eigenvalue weighted by atomic mass is 9.93. The number of aliphatic hydroxyl groups is 1. The number of hydrogen-bond acceptors (Lipinski definition) is 9. The first-order valence-corrected chi connectivity index (χ1v) is 11.5. The van der Waals surface area contributed by atoms with E-state index in [0.29, 0.717) is 11.2 Å². The van der Waals surface area contributed by atoms with Crippen LogP contribution in [0.1, 0.15) is 38.4 Å². The van der Waals surface area contributed by atoms with Gasteiger partial charge < -0.3 is 25.1 Å². The Morgan fingerprint density at radius 1 is 1.20 bits per heavy atom. The van der Waals surface area contributed by atoms with Crippen LogP contribution in [-0.2, 0) is 35.8 Å². The second-order valence-corrected chi connectivity index (χ2v) is 9.27. The van der Waals surface area contributed by atoms with Crippen molar-refractivity contribution in [3.63, 3.8) is 0 Å². The Kier molecular flexibility index (Phi) is 7.04. The molecule has 186 valence electrons. The first-order chi connectivity index (χ1) is 16.7. The second-order valence-electron chi connectivity index (χ2n) is 9.27. The molecule has 1 aliphatic rings. The first-order valence-electron chi connectivity index (χ1n) is 11.5. The molecule has 1 saturated heterocycles. The third-order valence-electron chi connectivity index (χ3n) is 6.07. The number of ether oxygens (including phenoxy) is 3. The number of aliphatic hydroxyl groups excluding tert-OH is 1. The molecule has 3 N–H and O–H groups in total. The number of rotatable bonds is 8. The van der Waals surface area contributed by atoms with Crippen LogP contribution in [0.3, 0.4) is 0 Å². The highest BCUT2D eigenvalue weighted by atomic mass is 16.6. The Balaban J connectivity index is 1.57. The fraction of sp³-hybridized carbons (Fsp3) is 0.440. The smallest absolute Gasteiger partial charge is 0.310 e. The number of benzene rings is 1. The first kappa shape index (κ1) is 24.6. The van der Waals surface area contributed by atoms with E-state index in [0.717, 1.165) is 5.56 Å². The number of aromatic nitrogens is 3. The predicted molar refractivity (Wildman–Crippen MR) is 126 cm³/mol. The van der Waals surface area contributed by atoms with E-state index in [9.17, 15) is 14.7 Å². The number of carbonyl (C=O) groups excluding carboxylic acids is 2. The molecule has 3 aromatic rings. The van der Waals surface area contributed by atoms with Gasteiger partial charge >= 0.3 is 11.9 Å². The molecule has 4 atom stereocenters. The molecule has 1 fully saturated rings. The van der Waals surface area contributed by atoms with Crippen molar-refractivity contribution in [2.75, 3.05) is 12.3 Å². The van der Waals surface area contributed by atoms with Gasteiger partial charge in [-0.05, 0) is 30.5 Å². The third-order valence-corrected chi connectivity index (χ3v) is 6.07. The molecule has 3 heterocycles. The molecule has 0 radical (unpaired) electrons. The molecule has 0 bridgehead atoms. The van der Waals surface area contributed by atoms with Crippen molar-refractivity contribution >= 4 is 23.3 Å². The largest absolute Gasteiger partial charge is 0.463 e. The molecule has 1 aliphatic heterocycles. The van der Waals surface area contributed by atoms with Gasteiger partial charge in [0.25, 0.3) is 0 Å². The van der Waals surface area contributed by atoms with Gasteiger partial charge in [-0.25, -0.2) is 9.50 Å². The third kappa shape index (κ3) is 5.13. The van der Waals surface area contributed by atoms with Crippen LogP contribution < -0.4 is 5.73 Å². The van der Waals surface area contributed by atoms with Gasteiger partial charge in [-0.3, -0.25) is 9.59 Å². The molecule has 10 heteroatoms. The summed E-state index contributed by atoms with van der Waals surface area (Å²) in [7, 11) is 0. The Morgan fingerprint density at radius 3 is 2.66 bits per heavy atom. The molecular formula is C25H30N4O6. The number of hydrogen-bond donors (Lipinski definition) is 2. The van der Waals surface area contributed by atoms with Crippen LogP contribution >= 0.6 is 0 Å². The molecule has 4 rings (SSSR count). The van der Waals surface area contributed by atoms with Gasteiger partial charge in [-0.2, -0.15) is 5.10 Å². The van der Waals surface area contributed by atoms with Crippen molar-refractivity contribution in [3.05, 3.63) is 60.0 Å². The molecule has 0 spiro atoms. The monoisotopic (exact) mass is 482 g/mol. The van der Waals surface area contributed by atoms with Crippen molar-refractivity contribution in [3.8, 4) is 0 Å². The van der Waals surface area contributed by atoms with Gasteiger partial charge in [-0.1, -0.05) is 44.2 Å². The lowest BCUT2D eigenvalue weighted by molar-refractivity contribution is -0.160. The molecule has 1 aromatic carbocycles. The predicted octanol–water partition coefficient (Wildman–Crippen LogP) is 2.03. The number of anilines is 1. The molecule has 35 heavy (non-hydrogen) atoms. The zero-order valence-electron chi connectivity index (χ0n) is 20.0. The van der Waals surface area contributed by atoms with Crippen molar-refractivity contribution in [1.82, 2.24) is 14.6 Å². The van der Waals surface area contributed by atoms with Crippen LogP contribution in [-0.4, -0.2) is 56.6 Å². The maximum atomic E-state index is 12.5. The van der Waals surface area contributed by atoms with Crippen LogP contribution in [0.5, 0.6) is 0 Å². The van der Waals surface area contributed by atoms with Crippen LogP contribution in [0.25, 0.3) is 5.52 Å². The minimum atomic E-state index is -1.33. The zero-order valence-corrected chi connectivity index (χ0v) is 20.0. The van der Waals surface area contributed by atoms with E-state index in [4.69, 9.17) is 19.9 Å². The summed E-state index contributed by atoms with van der Waals surface area (Å²) in [6, 6.07) is 12.6. The highest BCUT2D eigenvalue weighted by Gasteiger charge is 2.56. The van der Waals surface area contributed by atoms with Crippen molar-refractivity contribution in [1.29, 1.82) is 0 Å². The lowest BCUT2D eigenvalue weighted by Gasteiger charge is -2.27. The van der Waals surface area contributed by atoms with E-state index in [1.165, 1.54) is 10.8 Å². The Morgan fingerprint density at radius 2 is 1.94 bits per heavy atom. The van der Waals surface area contributed by atoms with E-state index >= 15 is 0 Å². The topological polar surface area (TPSA) is 138 Å². The highest BCUT2D eigenvalue weighted by Crippen LogP contribution is 2.42. The Bertz CT molecular complexity index is 1200. The molecule has 0 unspecified atom stereocenters. The number of nitrogen functional groups attached to an aromatic ring is 1. The standard InChI is InChI=1S/C25H30N4O6/c1-15(2)11-21(31)34-22-18(13-33-20(30)12-16-7-5-4-6-8-16)35-25(3,23(22)32)19-10-9-17-24(26)27-14-28-29(17)19/h4-10,14-15,18,22-23,32H,11-13H2,1-3H3,(H2,26,27,28)/t18-,22-,23-,25+/m1/s1. The normalized spacial score (nSPS) is 24.1. The Hall–Kier alpha value is -3.50. The average molecular weight is 483 g/mol. The molecule has 0 aliphatic carbocycles. The maximum Gasteiger partial charge on any atom is 0.310 e. The minimum Gasteiger partial charge on any atom is -0.463 e. The summed E-state index contributed by atoms with van der Waals surface area (Å²) in [5, 5.41) is 15.6. The molecular weight excluding hydrogens is 452 g/mol. The number of fused-ring (bicyclic) bond motifs is 1. The fourth-order valence-electron chi connectivity index (χ4n) is 4.30. The van der Waals surface area contributed by atoms with Gasteiger partial charge in [-0.15, -0.1) is 0 Å². The van der Waals surface area contributed by atoms with Crippen LogP contribution in [0.4, 0.5) is 5.82 Å². The summed E-state index contributed by atoms with van der Waals surface area (Å²) in [6.07, 6.45) is -1.63. The van der Waals surface area contributed by atoms with Gasteiger partial charge in [0.1, 0.15) is 36.3 Å². The van der Waals surface area contributed by atoms with Crippen molar-refractivity contribution in [2.24, 2.45) is 5.92 Å². The fourth-order valence-corrected chi connectivity index (χ4v) is 4.30. The van der Waals surface area contributed by atoms with Gasteiger partial charge in [0, 0.05) is 6.42 Å². The summed E-state index contributed by atoms with van der Waals surface area (Å²) in [5.41, 5.74) is 6.48. The summed E-state index contributed by atoms with van der Waals surface area (Å²) in [6.45, 7) is 5.27. The summed E-state index contributed by atoms with van der Waals surface area (Å²) in [5.74, 6) is -0.578. The van der Waals surface area contributed by atoms with Crippen molar-refractivity contribution < 1.29 is 28.9 Å². The van der Waals surface area contributed by atoms with Crippen molar-refractivity contribution in [2.45, 2.75) is 57.5 Å². The molecule has 10 nitrogen and oxygen atoms in total. The summed E-state index contributed by atoms with van der Waals surface area (Å²) >= 11 is 0. The highest BCUT2D eigenvalue weighted by molar-refractivity contribution is 5.72. The minimum absolute atomic E-state index is 0.0738. The lowest BCUT2D eigenvalue weighted by Crippen LogP contribution is -2.42. The van der Waals surface area contributed by atoms with Gasteiger partial charge in [0.2, 0.25) is 0 Å². The number of nitrogens with two attached hydrogens (primary N) is 1. The average Bonchev–Trinajstić information content (AvgIpc) is 3.35. The number of carbonyl (C=O) groups is 2. The summed E-state index contributed by atoms with van der Waals surface area (Å²) in [4.78, 5) is 28.9. The van der Waals surface area contributed by atoms with Gasteiger partial charge in [0.05, 0.1) is 12.1 Å². The molecule has 2 aromatic heterocycles. The Labute approximate surface area is 203 Å². The maximum absolute atomic E-state index is 12.5. The van der Waals surface area contributed by atoms with E-state index in [2.05, 4.69) is 10.1 Å². The zero-order chi connectivity index (χ0) is 25.2. The van der Waals surface area contributed by atoms with E-state index in [-0.39, 0.29) is 31.2 Å². The van der Waals surface area contributed by atoms with Crippen LogP contribution in [0, 0.1) is 5.92 Å². The van der Waals surface area contributed by atoms with E-state index in [1.54, 1.807) is 19.1 Å². The second kappa shape index (κ2) is 10.0. The summed E-state index contributed by atoms with van der Waals surface area (Å²) < 4.78 is 18.9. The van der Waals surface area contributed by atoms with Crippen LogP contribution in [0.15, 0.2) is 48.8 Å². The van der Waals surface area contributed by atoms with Gasteiger partial charge in [0.15, 0.2) is 11.9 Å². The number of esters is 2. The molecule has 0 amide bonds. The van der Waals surface area contributed by atoms with E-state index in [1.807, 2.05) is 44.2 Å². The molecule has 0 saturated carbocycles. The quantitative estimate of drug-likeness (QED) is 0.462. The van der Waals surface area contributed by atoms with E-state index < -0.39 is 35.9 Å².